The number of rotatable bonds is 5. The van der Waals surface area contributed by atoms with Gasteiger partial charge in [-0.2, -0.15) is 0 Å². The van der Waals surface area contributed by atoms with Crippen LogP contribution in [0.2, 0.25) is 5.02 Å². The maximum Gasteiger partial charge on any atom is 0.307 e. The second-order valence-corrected chi connectivity index (χ2v) is 7.33. The summed E-state index contributed by atoms with van der Waals surface area (Å²) in [7, 11) is 0. The first-order valence-electron chi connectivity index (χ1n) is 7.74. The molecule has 3 rings (SSSR count). The third kappa shape index (κ3) is 4.64. The van der Waals surface area contributed by atoms with E-state index in [1.807, 2.05) is 0 Å². The van der Waals surface area contributed by atoms with E-state index in [0.29, 0.717) is 16.8 Å². The van der Waals surface area contributed by atoms with Crippen LogP contribution < -0.4 is 5.32 Å². The summed E-state index contributed by atoms with van der Waals surface area (Å²) >= 11 is 7.05. The van der Waals surface area contributed by atoms with Crippen LogP contribution in [0.15, 0.2) is 41.3 Å². The van der Waals surface area contributed by atoms with Crippen molar-refractivity contribution in [3.63, 3.8) is 0 Å². The number of nitrogens with one attached hydrogen (secondary N) is 1. The monoisotopic (exact) mass is 411 g/mol. The predicted molar refractivity (Wildman–Crippen MR) is 96.0 cm³/mol. The molecule has 0 aliphatic carbocycles. The number of benzene rings is 2. The number of ketones is 1. The molecule has 0 unspecified atom stereocenters. The van der Waals surface area contributed by atoms with Gasteiger partial charge in [0.2, 0.25) is 11.7 Å². The Bertz CT molecular complexity index is 938. The van der Waals surface area contributed by atoms with Crippen LogP contribution in [-0.4, -0.2) is 29.5 Å². The van der Waals surface area contributed by atoms with Crippen molar-refractivity contribution < 1.29 is 27.9 Å². The van der Waals surface area contributed by atoms with Crippen LogP contribution in [0.1, 0.15) is 16.8 Å². The number of esters is 1. The minimum Gasteiger partial charge on any atom is -0.457 e. The third-order valence-electron chi connectivity index (χ3n) is 3.71. The smallest absolute Gasteiger partial charge is 0.307 e. The second kappa shape index (κ2) is 8.06. The summed E-state index contributed by atoms with van der Waals surface area (Å²) in [6, 6.07) is 7.48. The van der Waals surface area contributed by atoms with Crippen molar-refractivity contribution in [3.05, 3.63) is 58.6 Å². The largest absolute Gasteiger partial charge is 0.457 e. The van der Waals surface area contributed by atoms with Crippen LogP contribution in [-0.2, 0) is 14.3 Å². The fourth-order valence-electron chi connectivity index (χ4n) is 2.41. The van der Waals surface area contributed by atoms with Gasteiger partial charge in [0.1, 0.15) is 11.6 Å². The predicted octanol–water partition coefficient (Wildman–Crippen LogP) is 3.85. The number of carbonyl (C=O) groups excluding carboxylic acids is 3. The Hall–Kier alpha value is -2.45. The lowest BCUT2D eigenvalue weighted by atomic mass is 10.1. The van der Waals surface area contributed by atoms with Gasteiger partial charge >= 0.3 is 5.97 Å². The lowest BCUT2D eigenvalue weighted by molar-refractivity contribution is -0.143. The first-order chi connectivity index (χ1) is 12.8. The Balaban J connectivity index is 1.57. The van der Waals surface area contributed by atoms with E-state index in [-0.39, 0.29) is 17.9 Å². The van der Waals surface area contributed by atoms with Gasteiger partial charge in [-0.3, -0.25) is 14.4 Å². The van der Waals surface area contributed by atoms with Gasteiger partial charge in [0, 0.05) is 16.0 Å². The van der Waals surface area contributed by atoms with Crippen molar-refractivity contribution in [2.45, 2.75) is 16.6 Å². The molecule has 0 aromatic heterocycles. The Morgan fingerprint density at radius 1 is 1.19 bits per heavy atom. The first kappa shape index (κ1) is 19.3. The van der Waals surface area contributed by atoms with E-state index in [1.165, 1.54) is 11.8 Å². The van der Waals surface area contributed by atoms with Gasteiger partial charge in [-0.1, -0.05) is 11.6 Å². The maximum atomic E-state index is 13.6. The Labute approximate surface area is 162 Å². The molecule has 1 N–H and O–H groups in total. The summed E-state index contributed by atoms with van der Waals surface area (Å²) < 4.78 is 31.3. The number of carbonyl (C=O) groups is 3. The van der Waals surface area contributed by atoms with Crippen molar-refractivity contribution in [2.75, 3.05) is 11.9 Å². The van der Waals surface area contributed by atoms with Gasteiger partial charge in [-0.25, -0.2) is 8.78 Å². The highest BCUT2D eigenvalue weighted by molar-refractivity contribution is 8.01. The van der Waals surface area contributed by atoms with E-state index in [2.05, 4.69) is 5.32 Å². The van der Waals surface area contributed by atoms with E-state index in [1.54, 1.807) is 18.2 Å². The number of amides is 1. The van der Waals surface area contributed by atoms with Gasteiger partial charge in [0.15, 0.2) is 6.61 Å². The van der Waals surface area contributed by atoms with Crippen molar-refractivity contribution >= 4 is 46.7 Å². The van der Waals surface area contributed by atoms with Crippen molar-refractivity contribution in [1.82, 2.24) is 0 Å². The van der Waals surface area contributed by atoms with Gasteiger partial charge in [-0.05, 0) is 30.3 Å². The molecule has 0 saturated heterocycles. The second-order valence-electron chi connectivity index (χ2n) is 5.65. The number of hydrogen-bond donors (Lipinski definition) is 1. The molecule has 2 aromatic carbocycles. The summed E-state index contributed by atoms with van der Waals surface area (Å²) in [6.07, 6.45) is -0.266. The van der Waals surface area contributed by atoms with Crippen molar-refractivity contribution in [3.8, 4) is 0 Å². The highest BCUT2D eigenvalue weighted by atomic mass is 35.5. The average Bonchev–Trinajstić information content (AvgIpc) is 2.60. The van der Waals surface area contributed by atoms with Crippen LogP contribution in [0, 0.1) is 11.6 Å². The molecule has 2 aromatic rings. The SMILES string of the molecule is O=C(C[C@H]1Sc2ccc(Cl)cc2NC1=O)OCC(=O)c1ccc(F)cc1F. The minimum atomic E-state index is -1.03. The zero-order valence-corrected chi connectivity index (χ0v) is 15.2. The van der Waals surface area contributed by atoms with E-state index in [4.69, 9.17) is 16.3 Å². The standard InChI is InChI=1S/C18H12ClF2NO4S/c19-9-1-4-15-13(5-9)22-18(25)16(27-15)7-17(24)26-8-14(23)11-3-2-10(20)6-12(11)21/h1-6,16H,7-8H2,(H,22,25)/t16-/m1/s1. The lowest BCUT2D eigenvalue weighted by Crippen LogP contribution is -2.31. The topological polar surface area (TPSA) is 72.5 Å². The summed E-state index contributed by atoms with van der Waals surface area (Å²) in [5.74, 6) is -3.82. The number of halogens is 3. The normalized spacial score (nSPS) is 15.7. The molecule has 1 heterocycles. The molecule has 1 amide bonds. The number of thioether (sulfide) groups is 1. The molecule has 1 aliphatic heterocycles. The zero-order valence-electron chi connectivity index (χ0n) is 13.6. The summed E-state index contributed by atoms with van der Waals surface area (Å²) in [6.45, 7) is -0.702. The van der Waals surface area contributed by atoms with Gasteiger partial charge in [0.05, 0.1) is 22.9 Å². The number of fused-ring (bicyclic) bond motifs is 1. The highest BCUT2D eigenvalue weighted by Crippen LogP contribution is 2.38. The molecule has 0 saturated carbocycles. The van der Waals surface area contributed by atoms with E-state index in [9.17, 15) is 23.2 Å². The molecular formula is C18H12ClF2NO4S. The molecular weight excluding hydrogens is 400 g/mol. The van der Waals surface area contributed by atoms with Gasteiger partial charge < -0.3 is 10.1 Å². The molecule has 140 valence electrons. The third-order valence-corrected chi connectivity index (χ3v) is 5.22. The molecule has 0 bridgehead atoms. The van der Waals surface area contributed by atoms with Crippen LogP contribution in [0.5, 0.6) is 0 Å². The van der Waals surface area contributed by atoms with E-state index in [0.717, 1.165) is 17.0 Å². The molecule has 0 radical (unpaired) electrons. The van der Waals surface area contributed by atoms with Crippen LogP contribution in [0.3, 0.4) is 0 Å². The maximum absolute atomic E-state index is 13.6. The average molecular weight is 412 g/mol. The highest BCUT2D eigenvalue weighted by Gasteiger charge is 2.30. The Kier molecular flexibility index (Phi) is 5.76. The van der Waals surface area contributed by atoms with Crippen molar-refractivity contribution in [1.29, 1.82) is 0 Å². The van der Waals surface area contributed by atoms with Gasteiger partial charge in [-0.15, -0.1) is 11.8 Å². The number of Topliss-reactive ketones (excluding diaryl/α,β-unsaturated/α-hetero) is 1. The number of hydrogen-bond acceptors (Lipinski definition) is 5. The molecule has 27 heavy (non-hydrogen) atoms. The van der Waals surface area contributed by atoms with E-state index < -0.39 is 35.2 Å². The molecule has 1 aliphatic rings. The molecule has 5 nitrogen and oxygen atoms in total. The molecule has 1 atom stereocenters. The Morgan fingerprint density at radius 3 is 2.70 bits per heavy atom. The Morgan fingerprint density at radius 2 is 1.96 bits per heavy atom. The van der Waals surface area contributed by atoms with Crippen molar-refractivity contribution in [2.24, 2.45) is 0 Å². The van der Waals surface area contributed by atoms with Crippen LogP contribution in [0.4, 0.5) is 14.5 Å². The molecule has 0 fully saturated rings. The zero-order chi connectivity index (χ0) is 19.6. The van der Waals surface area contributed by atoms with Gasteiger partial charge in [0.25, 0.3) is 0 Å². The first-order valence-corrected chi connectivity index (χ1v) is 9.00. The van der Waals surface area contributed by atoms with E-state index >= 15 is 0 Å². The fourth-order valence-corrected chi connectivity index (χ4v) is 3.65. The molecule has 0 spiro atoms. The lowest BCUT2D eigenvalue weighted by Gasteiger charge is -2.23. The summed E-state index contributed by atoms with van der Waals surface area (Å²) in [5, 5.41) is 2.39. The molecule has 9 heteroatoms. The summed E-state index contributed by atoms with van der Waals surface area (Å²) in [4.78, 5) is 36.7. The quantitative estimate of drug-likeness (QED) is 0.597. The van der Waals surface area contributed by atoms with Crippen LogP contribution in [0.25, 0.3) is 0 Å². The number of ether oxygens (including phenoxy) is 1. The van der Waals surface area contributed by atoms with Crippen LogP contribution >= 0.6 is 23.4 Å². The minimum absolute atomic E-state index is 0.266. The number of anilines is 1. The summed E-state index contributed by atoms with van der Waals surface area (Å²) in [5.41, 5.74) is 0.184. The fraction of sp³-hybridized carbons (Fsp3) is 0.167.